The van der Waals surface area contributed by atoms with Crippen LogP contribution in [0.15, 0.2) is 60.0 Å². The van der Waals surface area contributed by atoms with Gasteiger partial charge in [0, 0.05) is 10.6 Å². The van der Waals surface area contributed by atoms with Crippen LogP contribution in [-0.4, -0.2) is 17.6 Å². The summed E-state index contributed by atoms with van der Waals surface area (Å²) in [6, 6.07) is 16.0. The van der Waals surface area contributed by atoms with Crippen LogP contribution in [0, 0.1) is 12.7 Å². The van der Waals surface area contributed by atoms with E-state index in [1.807, 2.05) is 48.7 Å². The molecule has 4 rings (SSSR count). The Morgan fingerprint density at radius 3 is 2.86 bits per heavy atom. The van der Waals surface area contributed by atoms with Crippen molar-refractivity contribution < 1.29 is 14.0 Å². The van der Waals surface area contributed by atoms with Crippen LogP contribution < -0.4 is 10.2 Å². The van der Waals surface area contributed by atoms with Crippen molar-refractivity contribution in [1.29, 1.82) is 0 Å². The van der Waals surface area contributed by atoms with E-state index < -0.39 is 5.82 Å². The minimum atomic E-state index is -0.420. The summed E-state index contributed by atoms with van der Waals surface area (Å²) in [5, 5.41) is 4.51. The molecule has 4 nitrogen and oxygen atoms in total. The maximum Gasteiger partial charge on any atom is 0.238 e. The molecule has 2 heterocycles. The molecular weight excluding hydrogens is 407 g/mol. The highest BCUT2D eigenvalue weighted by Gasteiger charge is 2.35. The van der Waals surface area contributed by atoms with Crippen molar-refractivity contribution >= 4 is 46.3 Å². The predicted octanol–water partition coefficient (Wildman–Crippen LogP) is 5.16. The number of halogens is 1. The van der Waals surface area contributed by atoms with Crippen molar-refractivity contribution in [1.82, 2.24) is 0 Å². The molecule has 1 aliphatic rings. The Morgan fingerprint density at radius 1 is 1.21 bits per heavy atom. The van der Waals surface area contributed by atoms with E-state index in [1.54, 1.807) is 23.5 Å². The standard InChI is InChI=1S/C22H19FN2O2S2/c1-14-7-8-18(23)19(10-14)25-21(27)13-29-22(25)15-4-2-5-16(11-15)24-20(26)12-17-6-3-9-28-17/h2-11,22H,12-13H2,1H3,(H,24,26)/t22-/m1/s1. The molecule has 0 bridgehead atoms. The summed E-state index contributed by atoms with van der Waals surface area (Å²) in [6.45, 7) is 1.87. The lowest BCUT2D eigenvalue weighted by Crippen LogP contribution is -2.28. The van der Waals surface area contributed by atoms with Crippen LogP contribution in [0.25, 0.3) is 0 Å². The van der Waals surface area contributed by atoms with E-state index in [9.17, 15) is 14.0 Å². The Balaban J connectivity index is 1.57. The van der Waals surface area contributed by atoms with Gasteiger partial charge in [0.2, 0.25) is 11.8 Å². The number of carbonyl (C=O) groups is 2. The summed E-state index contributed by atoms with van der Waals surface area (Å²) in [5.41, 5.74) is 2.68. The fourth-order valence-electron chi connectivity index (χ4n) is 3.28. The average Bonchev–Trinajstić information content (AvgIpc) is 3.33. The smallest absolute Gasteiger partial charge is 0.238 e. The van der Waals surface area contributed by atoms with Crippen molar-refractivity contribution in [2.75, 3.05) is 16.0 Å². The second-order valence-electron chi connectivity index (χ2n) is 6.81. The SMILES string of the molecule is Cc1ccc(F)c(N2C(=O)CS[C@@H]2c2cccc(NC(=O)Cc3cccs3)c2)c1. The largest absolute Gasteiger partial charge is 0.326 e. The minimum absolute atomic E-state index is 0.0960. The van der Waals surface area contributed by atoms with Crippen molar-refractivity contribution in [3.8, 4) is 0 Å². The summed E-state index contributed by atoms with van der Waals surface area (Å²) in [4.78, 5) is 27.4. The summed E-state index contributed by atoms with van der Waals surface area (Å²) < 4.78 is 14.5. The molecule has 1 N–H and O–H groups in total. The fraction of sp³-hybridized carbons (Fsp3) is 0.182. The van der Waals surface area contributed by atoms with Crippen LogP contribution in [0.1, 0.15) is 21.4 Å². The third-order valence-corrected chi connectivity index (χ3v) is 6.69. The van der Waals surface area contributed by atoms with E-state index in [1.165, 1.54) is 22.7 Å². The van der Waals surface area contributed by atoms with E-state index in [0.29, 0.717) is 12.1 Å². The van der Waals surface area contributed by atoms with Gasteiger partial charge in [-0.25, -0.2) is 4.39 Å². The number of thioether (sulfide) groups is 1. The van der Waals surface area contributed by atoms with E-state index in [4.69, 9.17) is 0 Å². The maximum atomic E-state index is 14.5. The molecule has 148 valence electrons. The van der Waals surface area contributed by atoms with E-state index >= 15 is 0 Å². The van der Waals surface area contributed by atoms with Crippen molar-refractivity contribution in [3.63, 3.8) is 0 Å². The van der Waals surface area contributed by atoms with Crippen molar-refractivity contribution in [2.45, 2.75) is 18.7 Å². The number of anilines is 2. The molecule has 1 atom stereocenters. The quantitative estimate of drug-likeness (QED) is 0.613. The Labute approximate surface area is 176 Å². The molecule has 0 spiro atoms. The predicted molar refractivity (Wildman–Crippen MR) is 117 cm³/mol. The van der Waals surface area contributed by atoms with Crippen LogP contribution in [0.3, 0.4) is 0 Å². The van der Waals surface area contributed by atoms with Crippen LogP contribution >= 0.6 is 23.1 Å². The van der Waals surface area contributed by atoms with Gasteiger partial charge in [-0.1, -0.05) is 24.3 Å². The monoisotopic (exact) mass is 426 g/mol. The van der Waals surface area contributed by atoms with E-state index in [2.05, 4.69) is 5.32 Å². The van der Waals surface area contributed by atoms with Crippen LogP contribution in [0.2, 0.25) is 0 Å². The van der Waals surface area contributed by atoms with Gasteiger partial charge in [0.25, 0.3) is 0 Å². The molecule has 3 aromatic rings. The highest BCUT2D eigenvalue weighted by molar-refractivity contribution is 8.00. The number of carbonyl (C=O) groups excluding carboxylic acids is 2. The number of hydrogen-bond donors (Lipinski definition) is 1. The molecule has 1 aliphatic heterocycles. The molecule has 2 amide bonds. The maximum absolute atomic E-state index is 14.5. The van der Waals surface area contributed by atoms with Crippen LogP contribution in [0.5, 0.6) is 0 Å². The van der Waals surface area contributed by atoms with Gasteiger partial charge in [-0.15, -0.1) is 23.1 Å². The summed E-state index contributed by atoms with van der Waals surface area (Å²) in [6.07, 6.45) is 0.319. The lowest BCUT2D eigenvalue weighted by Gasteiger charge is -2.25. The first-order valence-electron chi connectivity index (χ1n) is 9.13. The second-order valence-corrected chi connectivity index (χ2v) is 8.91. The molecular formula is C22H19FN2O2S2. The third kappa shape index (κ3) is 4.36. The molecule has 1 saturated heterocycles. The lowest BCUT2D eigenvalue weighted by molar-refractivity contribution is -0.116. The molecule has 0 unspecified atom stereocenters. The molecule has 29 heavy (non-hydrogen) atoms. The topological polar surface area (TPSA) is 49.4 Å². The Morgan fingerprint density at radius 2 is 2.07 bits per heavy atom. The first kappa shape index (κ1) is 19.7. The fourth-order valence-corrected chi connectivity index (χ4v) is 5.15. The van der Waals surface area contributed by atoms with Gasteiger partial charge in [0.1, 0.15) is 11.2 Å². The molecule has 0 saturated carbocycles. The van der Waals surface area contributed by atoms with Gasteiger partial charge in [0.15, 0.2) is 0 Å². The Hall–Kier alpha value is -2.64. The van der Waals surface area contributed by atoms with Gasteiger partial charge < -0.3 is 5.32 Å². The number of amides is 2. The molecule has 2 aromatic carbocycles. The summed E-state index contributed by atoms with van der Waals surface area (Å²) >= 11 is 2.99. The number of rotatable bonds is 5. The second kappa shape index (κ2) is 8.39. The first-order chi connectivity index (χ1) is 14.0. The zero-order chi connectivity index (χ0) is 20.4. The van der Waals surface area contributed by atoms with Crippen LogP contribution in [0.4, 0.5) is 15.8 Å². The number of aryl methyl sites for hydroxylation is 1. The molecule has 0 radical (unpaired) electrons. The Bertz CT molecular complexity index is 1050. The van der Waals surface area contributed by atoms with Gasteiger partial charge in [0.05, 0.1) is 17.9 Å². The normalized spacial score (nSPS) is 16.3. The number of thiophene rings is 1. The van der Waals surface area contributed by atoms with E-state index in [0.717, 1.165) is 16.0 Å². The van der Waals surface area contributed by atoms with Gasteiger partial charge >= 0.3 is 0 Å². The van der Waals surface area contributed by atoms with Crippen molar-refractivity contribution in [2.24, 2.45) is 0 Å². The zero-order valence-corrected chi connectivity index (χ0v) is 17.4. The van der Waals surface area contributed by atoms with Gasteiger partial charge in [-0.3, -0.25) is 14.5 Å². The summed E-state index contributed by atoms with van der Waals surface area (Å²) in [5.74, 6) is -0.359. The van der Waals surface area contributed by atoms with Gasteiger partial charge in [-0.2, -0.15) is 0 Å². The first-order valence-corrected chi connectivity index (χ1v) is 11.1. The highest BCUT2D eigenvalue weighted by Crippen LogP contribution is 2.43. The summed E-state index contributed by atoms with van der Waals surface area (Å²) in [7, 11) is 0. The number of benzene rings is 2. The minimum Gasteiger partial charge on any atom is -0.326 e. The zero-order valence-electron chi connectivity index (χ0n) is 15.7. The van der Waals surface area contributed by atoms with E-state index in [-0.39, 0.29) is 28.6 Å². The number of hydrogen-bond acceptors (Lipinski definition) is 4. The Kier molecular flexibility index (Phi) is 5.69. The van der Waals surface area contributed by atoms with Gasteiger partial charge in [-0.05, 0) is 53.8 Å². The molecule has 7 heteroatoms. The highest BCUT2D eigenvalue weighted by atomic mass is 32.2. The molecule has 1 aromatic heterocycles. The average molecular weight is 427 g/mol. The van der Waals surface area contributed by atoms with Crippen molar-refractivity contribution in [3.05, 3.63) is 81.8 Å². The number of nitrogens with zero attached hydrogens (tertiary/aromatic N) is 1. The number of nitrogens with one attached hydrogen (secondary N) is 1. The third-order valence-electron chi connectivity index (χ3n) is 4.60. The lowest BCUT2D eigenvalue weighted by atomic mass is 10.1. The molecule has 0 aliphatic carbocycles. The molecule has 1 fully saturated rings. The van der Waals surface area contributed by atoms with Crippen LogP contribution in [-0.2, 0) is 16.0 Å².